The monoisotopic (exact) mass is 291 g/mol. The van der Waals surface area contributed by atoms with Crippen LogP contribution in [0.15, 0.2) is 24.3 Å². The average molecular weight is 291 g/mol. The highest BCUT2D eigenvalue weighted by molar-refractivity contribution is 14.1. The van der Waals surface area contributed by atoms with Gasteiger partial charge in [-0.3, -0.25) is 4.79 Å². The molecule has 0 aliphatic heterocycles. The summed E-state index contributed by atoms with van der Waals surface area (Å²) < 4.78 is 6.29. The third-order valence-corrected chi connectivity index (χ3v) is 2.43. The number of ether oxygens (including phenoxy) is 1. The first-order valence-corrected chi connectivity index (χ1v) is 4.89. The number of para-hydroxylation sites is 1. The molecule has 0 aromatic heterocycles. The molecule has 3 nitrogen and oxygen atoms in total. The van der Waals surface area contributed by atoms with Crippen LogP contribution in [0.25, 0.3) is 0 Å². The number of nitrogens with two attached hydrogens (primary N) is 1. The van der Waals surface area contributed by atoms with E-state index in [0.29, 0.717) is 5.75 Å². The van der Waals surface area contributed by atoms with Gasteiger partial charge >= 0.3 is 0 Å². The van der Waals surface area contributed by atoms with Gasteiger partial charge in [0, 0.05) is 0 Å². The summed E-state index contributed by atoms with van der Waals surface area (Å²) >= 11 is 2.14. The molecule has 1 rings (SSSR count). The molecule has 70 valence electrons. The van der Waals surface area contributed by atoms with Crippen molar-refractivity contribution in [3.8, 4) is 5.75 Å². The van der Waals surface area contributed by atoms with Gasteiger partial charge in [-0.1, -0.05) is 12.1 Å². The normalized spacial score (nSPS) is 12.2. The van der Waals surface area contributed by atoms with E-state index in [1.54, 1.807) is 13.0 Å². The first-order chi connectivity index (χ1) is 6.11. The largest absolute Gasteiger partial charge is 0.480 e. The molecule has 1 atom stereocenters. The standard InChI is InChI=1S/C9H10INO2/c1-6(9(11)12)13-8-5-3-2-4-7(8)10/h2-6H,1H3,(H2,11,12). The molecule has 0 radical (unpaired) electrons. The van der Waals surface area contributed by atoms with Crippen LogP contribution in [0, 0.1) is 3.57 Å². The number of primary amides is 1. The second kappa shape index (κ2) is 4.45. The van der Waals surface area contributed by atoms with Gasteiger partial charge in [-0.25, -0.2) is 0 Å². The highest BCUT2D eigenvalue weighted by Gasteiger charge is 2.11. The topological polar surface area (TPSA) is 52.3 Å². The van der Waals surface area contributed by atoms with E-state index < -0.39 is 12.0 Å². The Morgan fingerprint density at radius 3 is 2.69 bits per heavy atom. The minimum absolute atomic E-state index is 0.459. The van der Waals surface area contributed by atoms with Crippen molar-refractivity contribution in [2.24, 2.45) is 5.73 Å². The van der Waals surface area contributed by atoms with Crippen molar-refractivity contribution in [1.29, 1.82) is 0 Å². The first kappa shape index (κ1) is 10.3. The fourth-order valence-corrected chi connectivity index (χ4v) is 1.30. The Labute approximate surface area is 90.4 Å². The molecular formula is C9H10INO2. The summed E-state index contributed by atoms with van der Waals surface area (Å²) in [5, 5.41) is 0. The van der Waals surface area contributed by atoms with Gasteiger partial charge in [-0.05, 0) is 41.6 Å². The van der Waals surface area contributed by atoms with Gasteiger partial charge in [-0.2, -0.15) is 0 Å². The van der Waals surface area contributed by atoms with Gasteiger partial charge < -0.3 is 10.5 Å². The van der Waals surface area contributed by atoms with Crippen molar-refractivity contribution in [2.75, 3.05) is 0 Å². The third kappa shape index (κ3) is 2.87. The predicted octanol–water partition coefficient (Wildman–Crippen LogP) is 1.54. The second-order valence-electron chi connectivity index (χ2n) is 2.59. The van der Waals surface area contributed by atoms with E-state index in [9.17, 15) is 4.79 Å². The van der Waals surface area contributed by atoms with Crippen LogP contribution in [0.1, 0.15) is 6.92 Å². The maximum Gasteiger partial charge on any atom is 0.258 e. The van der Waals surface area contributed by atoms with E-state index in [2.05, 4.69) is 22.6 Å². The number of carbonyl (C=O) groups excluding carboxylic acids is 1. The average Bonchev–Trinajstić information content (AvgIpc) is 2.08. The van der Waals surface area contributed by atoms with E-state index in [1.807, 2.05) is 18.2 Å². The Bertz CT molecular complexity index is 314. The van der Waals surface area contributed by atoms with E-state index in [1.165, 1.54) is 0 Å². The highest BCUT2D eigenvalue weighted by atomic mass is 127. The summed E-state index contributed by atoms with van der Waals surface area (Å²) in [5.74, 6) is 0.231. The molecule has 0 fully saturated rings. The third-order valence-electron chi connectivity index (χ3n) is 1.54. The maximum absolute atomic E-state index is 10.7. The van der Waals surface area contributed by atoms with E-state index >= 15 is 0 Å². The zero-order valence-electron chi connectivity index (χ0n) is 7.16. The first-order valence-electron chi connectivity index (χ1n) is 3.81. The van der Waals surface area contributed by atoms with Crippen molar-refractivity contribution < 1.29 is 9.53 Å². The number of benzene rings is 1. The molecule has 0 aliphatic rings. The van der Waals surface area contributed by atoms with Crippen LogP contribution in [0.4, 0.5) is 0 Å². The van der Waals surface area contributed by atoms with Crippen molar-refractivity contribution in [1.82, 2.24) is 0 Å². The fraction of sp³-hybridized carbons (Fsp3) is 0.222. The van der Waals surface area contributed by atoms with Crippen LogP contribution in [0.2, 0.25) is 0 Å². The summed E-state index contributed by atoms with van der Waals surface area (Å²) in [7, 11) is 0. The zero-order valence-corrected chi connectivity index (χ0v) is 9.32. The number of amides is 1. The van der Waals surface area contributed by atoms with Crippen molar-refractivity contribution >= 4 is 28.5 Å². The lowest BCUT2D eigenvalue weighted by Crippen LogP contribution is -2.30. The minimum Gasteiger partial charge on any atom is -0.480 e. The van der Waals surface area contributed by atoms with E-state index in [0.717, 1.165) is 3.57 Å². The molecule has 0 bridgehead atoms. The maximum atomic E-state index is 10.7. The van der Waals surface area contributed by atoms with Crippen LogP contribution in [0.3, 0.4) is 0 Å². The van der Waals surface area contributed by atoms with Crippen LogP contribution in [-0.2, 0) is 4.79 Å². The van der Waals surface area contributed by atoms with Gasteiger partial charge in [0.15, 0.2) is 6.10 Å². The van der Waals surface area contributed by atoms with Gasteiger partial charge in [-0.15, -0.1) is 0 Å². The van der Waals surface area contributed by atoms with E-state index in [-0.39, 0.29) is 0 Å². The quantitative estimate of drug-likeness (QED) is 0.859. The Balaban J connectivity index is 2.74. The molecule has 1 aromatic rings. The van der Waals surface area contributed by atoms with Crippen molar-refractivity contribution in [3.63, 3.8) is 0 Å². The van der Waals surface area contributed by atoms with Crippen LogP contribution >= 0.6 is 22.6 Å². The molecule has 1 unspecified atom stereocenters. The van der Waals surface area contributed by atoms with Gasteiger partial charge in [0.2, 0.25) is 0 Å². The summed E-state index contributed by atoms with van der Waals surface area (Å²) in [5.41, 5.74) is 5.07. The summed E-state index contributed by atoms with van der Waals surface area (Å²) in [6.07, 6.45) is -0.587. The smallest absolute Gasteiger partial charge is 0.258 e. The number of hydrogen-bond acceptors (Lipinski definition) is 2. The van der Waals surface area contributed by atoms with Crippen LogP contribution in [0.5, 0.6) is 5.75 Å². The number of carbonyl (C=O) groups is 1. The zero-order chi connectivity index (χ0) is 9.84. The Kier molecular flexibility index (Phi) is 3.53. The minimum atomic E-state index is -0.587. The molecule has 0 saturated carbocycles. The number of halogens is 1. The summed E-state index contributed by atoms with van der Waals surface area (Å²) in [6.45, 7) is 1.63. The molecule has 1 amide bonds. The second-order valence-corrected chi connectivity index (χ2v) is 3.76. The lowest BCUT2D eigenvalue weighted by molar-refractivity contribution is -0.124. The van der Waals surface area contributed by atoms with Gasteiger partial charge in [0.25, 0.3) is 5.91 Å². The predicted molar refractivity (Wildman–Crippen MR) is 58.4 cm³/mol. The molecule has 1 aromatic carbocycles. The Morgan fingerprint density at radius 1 is 1.54 bits per heavy atom. The molecule has 0 aliphatic carbocycles. The number of rotatable bonds is 3. The molecule has 0 saturated heterocycles. The van der Waals surface area contributed by atoms with E-state index in [4.69, 9.17) is 10.5 Å². The highest BCUT2D eigenvalue weighted by Crippen LogP contribution is 2.20. The molecule has 2 N–H and O–H groups in total. The Hall–Kier alpha value is -0.780. The Morgan fingerprint density at radius 2 is 2.15 bits per heavy atom. The van der Waals surface area contributed by atoms with Gasteiger partial charge in [0.05, 0.1) is 3.57 Å². The molecule has 0 spiro atoms. The molecule has 0 heterocycles. The lowest BCUT2D eigenvalue weighted by Gasteiger charge is -2.11. The van der Waals surface area contributed by atoms with Crippen LogP contribution < -0.4 is 10.5 Å². The summed E-state index contributed by atoms with van der Waals surface area (Å²) in [6, 6.07) is 7.47. The summed E-state index contributed by atoms with van der Waals surface area (Å²) in [4.78, 5) is 10.7. The van der Waals surface area contributed by atoms with Crippen molar-refractivity contribution in [3.05, 3.63) is 27.8 Å². The lowest BCUT2D eigenvalue weighted by atomic mass is 10.3. The SMILES string of the molecule is CC(Oc1ccccc1I)C(N)=O. The molecule has 4 heteroatoms. The fourth-order valence-electron chi connectivity index (χ4n) is 0.789. The van der Waals surface area contributed by atoms with Gasteiger partial charge in [0.1, 0.15) is 5.75 Å². The molecular weight excluding hydrogens is 281 g/mol. The number of hydrogen-bond donors (Lipinski definition) is 1. The molecule has 13 heavy (non-hydrogen) atoms. The van der Waals surface area contributed by atoms with Crippen molar-refractivity contribution in [2.45, 2.75) is 13.0 Å². The van der Waals surface area contributed by atoms with Crippen LogP contribution in [-0.4, -0.2) is 12.0 Å².